The number of rotatable bonds is 3. The van der Waals surface area contributed by atoms with E-state index in [1.54, 1.807) is 7.05 Å². The maximum absolute atomic E-state index is 8.64. The number of hydrogen-bond donors (Lipinski definition) is 3. The predicted molar refractivity (Wildman–Crippen MR) is 28.7 cm³/mol. The molecular weight excluding hydrogens is 92.1 g/mol. The SMILES string of the molecule is CCNC(O)NC. The molecule has 44 valence electrons. The zero-order valence-electron chi connectivity index (χ0n) is 4.73. The number of aliphatic hydroxyl groups is 1. The van der Waals surface area contributed by atoms with Crippen molar-refractivity contribution < 1.29 is 5.11 Å². The highest BCUT2D eigenvalue weighted by Gasteiger charge is 1.90. The van der Waals surface area contributed by atoms with Crippen LogP contribution in [0.1, 0.15) is 6.92 Å². The predicted octanol–water partition coefficient (Wildman–Crippen LogP) is -0.909. The Morgan fingerprint density at radius 3 is 2.43 bits per heavy atom. The lowest BCUT2D eigenvalue weighted by atomic mass is 10.7. The van der Waals surface area contributed by atoms with Gasteiger partial charge in [0.1, 0.15) is 0 Å². The summed E-state index contributed by atoms with van der Waals surface area (Å²) in [5.41, 5.74) is 0. The van der Waals surface area contributed by atoms with Crippen molar-refractivity contribution in [2.75, 3.05) is 13.6 Å². The molecule has 0 heterocycles. The lowest BCUT2D eigenvalue weighted by Crippen LogP contribution is -2.39. The van der Waals surface area contributed by atoms with Crippen molar-refractivity contribution in [3.8, 4) is 0 Å². The largest absolute Gasteiger partial charge is 0.365 e. The van der Waals surface area contributed by atoms with Crippen LogP contribution in [0.5, 0.6) is 0 Å². The summed E-state index contributed by atoms with van der Waals surface area (Å²) in [6, 6.07) is 0. The molecule has 1 unspecified atom stereocenters. The monoisotopic (exact) mass is 104 g/mol. The quantitative estimate of drug-likeness (QED) is 0.406. The Morgan fingerprint density at radius 2 is 2.29 bits per heavy atom. The van der Waals surface area contributed by atoms with Crippen LogP contribution in [0.4, 0.5) is 0 Å². The lowest BCUT2D eigenvalue weighted by molar-refractivity contribution is 0.113. The second-order valence-corrected chi connectivity index (χ2v) is 1.25. The molecule has 0 aromatic carbocycles. The minimum Gasteiger partial charge on any atom is -0.365 e. The average molecular weight is 104 g/mol. The summed E-state index contributed by atoms with van der Waals surface area (Å²) in [7, 11) is 1.69. The smallest absolute Gasteiger partial charge is 0.160 e. The van der Waals surface area contributed by atoms with Gasteiger partial charge >= 0.3 is 0 Å². The van der Waals surface area contributed by atoms with Gasteiger partial charge in [-0.05, 0) is 13.6 Å². The van der Waals surface area contributed by atoms with Crippen LogP contribution in [-0.2, 0) is 0 Å². The summed E-state index contributed by atoms with van der Waals surface area (Å²) in [6.07, 6.45) is -0.551. The van der Waals surface area contributed by atoms with Gasteiger partial charge in [-0.3, -0.25) is 10.6 Å². The first-order valence-corrected chi connectivity index (χ1v) is 2.40. The highest BCUT2D eigenvalue weighted by Crippen LogP contribution is 1.60. The number of nitrogens with one attached hydrogen (secondary N) is 2. The van der Waals surface area contributed by atoms with Crippen LogP contribution in [-0.4, -0.2) is 25.1 Å². The van der Waals surface area contributed by atoms with Crippen LogP contribution in [0.2, 0.25) is 0 Å². The Labute approximate surface area is 43.7 Å². The van der Waals surface area contributed by atoms with Gasteiger partial charge in [-0.15, -0.1) is 0 Å². The Balaban J connectivity index is 2.83. The third kappa shape index (κ3) is 3.72. The first kappa shape index (κ1) is 6.88. The normalized spacial score (nSPS) is 14.1. The van der Waals surface area contributed by atoms with Gasteiger partial charge in [0, 0.05) is 0 Å². The fourth-order valence-electron chi connectivity index (χ4n) is 0.295. The summed E-state index contributed by atoms with van der Waals surface area (Å²) in [4.78, 5) is 0. The van der Waals surface area contributed by atoms with E-state index in [4.69, 9.17) is 5.11 Å². The van der Waals surface area contributed by atoms with E-state index >= 15 is 0 Å². The summed E-state index contributed by atoms with van der Waals surface area (Å²) >= 11 is 0. The zero-order valence-corrected chi connectivity index (χ0v) is 4.73. The first-order valence-electron chi connectivity index (χ1n) is 2.40. The van der Waals surface area contributed by atoms with Gasteiger partial charge in [0.15, 0.2) is 6.35 Å². The minimum atomic E-state index is -0.551. The number of aliphatic hydroxyl groups excluding tert-OH is 1. The molecule has 0 fully saturated rings. The topological polar surface area (TPSA) is 44.3 Å². The fraction of sp³-hybridized carbons (Fsp3) is 1.00. The molecule has 3 heteroatoms. The molecule has 0 amide bonds. The maximum atomic E-state index is 8.64. The fourth-order valence-corrected chi connectivity index (χ4v) is 0.295. The van der Waals surface area contributed by atoms with E-state index in [0.717, 1.165) is 6.54 Å². The summed E-state index contributed by atoms with van der Waals surface area (Å²) in [6.45, 7) is 2.71. The Bertz CT molecular complexity index is 40.7. The van der Waals surface area contributed by atoms with E-state index in [0.29, 0.717) is 0 Å². The molecule has 0 spiro atoms. The highest BCUT2D eigenvalue weighted by molar-refractivity contribution is 4.39. The molecule has 0 aliphatic heterocycles. The molecular formula is C4H12N2O. The molecule has 0 aromatic heterocycles. The van der Waals surface area contributed by atoms with Gasteiger partial charge in [-0.1, -0.05) is 6.92 Å². The molecule has 7 heavy (non-hydrogen) atoms. The van der Waals surface area contributed by atoms with E-state index in [9.17, 15) is 0 Å². The molecule has 0 saturated heterocycles. The van der Waals surface area contributed by atoms with Crippen molar-refractivity contribution in [3.05, 3.63) is 0 Å². The second kappa shape index (κ2) is 4.05. The van der Waals surface area contributed by atoms with Gasteiger partial charge in [0.25, 0.3) is 0 Å². The van der Waals surface area contributed by atoms with E-state index in [1.807, 2.05) is 6.92 Å². The molecule has 3 nitrogen and oxygen atoms in total. The van der Waals surface area contributed by atoms with Gasteiger partial charge in [0.2, 0.25) is 0 Å². The van der Waals surface area contributed by atoms with Crippen LogP contribution >= 0.6 is 0 Å². The Hall–Kier alpha value is -0.120. The molecule has 0 bridgehead atoms. The van der Waals surface area contributed by atoms with Gasteiger partial charge < -0.3 is 5.11 Å². The summed E-state index contributed by atoms with van der Waals surface area (Å²) in [5, 5.41) is 14.0. The van der Waals surface area contributed by atoms with Crippen molar-refractivity contribution >= 4 is 0 Å². The first-order chi connectivity index (χ1) is 3.31. The highest BCUT2D eigenvalue weighted by atomic mass is 16.3. The molecule has 0 rings (SSSR count). The van der Waals surface area contributed by atoms with Gasteiger partial charge in [-0.25, -0.2) is 0 Å². The van der Waals surface area contributed by atoms with Crippen molar-refractivity contribution in [1.82, 2.24) is 10.6 Å². The van der Waals surface area contributed by atoms with E-state index in [2.05, 4.69) is 10.6 Å². The summed E-state index contributed by atoms with van der Waals surface area (Å²) in [5.74, 6) is 0. The second-order valence-electron chi connectivity index (χ2n) is 1.25. The van der Waals surface area contributed by atoms with E-state index in [-0.39, 0.29) is 0 Å². The van der Waals surface area contributed by atoms with Crippen LogP contribution in [0, 0.1) is 0 Å². The molecule has 0 aliphatic rings. The third-order valence-electron chi connectivity index (χ3n) is 0.671. The van der Waals surface area contributed by atoms with Crippen LogP contribution in [0.3, 0.4) is 0 Å². The van der Waals surface area contributed by atoms with E-state index in [1.165, 1.54) is 0 Å². The Morgan fingerprint density at radius 1 is 1.71 bits per heavy atom. The molecule has 0 radical (unpaired) electrons. The lowest BCUT2D eigenvalue weighted by Gasteiger charge is -2.07. The van der Waals surface area contributed by atoms with Crippen molar-refractivity contribution in [2.45, 2.75) is 13.3 Å². The standard InChI is InChI=1S/C4H12N2O/c1-3-6-4(7)5-2/h4-7H,3H2,1-2H3. The number of hydrogen-bond acceptors (Lipinski definition) is 3. The van der Waals surface area contributed by atoms with Crippen LogP contribution in [0.15, 0.2) is 0 Å². The van der Waals surface area contributed by atoms with Crippen LogP contribution < -0.4 is 10.6 Å². The average Bonchev–Trinajstić information content (AvgIpc) is 1.68. The van der Waals surface area contributed by atoms with Gasteiger partial charge in [0.05, 0.1) is 0 Å². The molecule has 0 aromatic rings. The molecule has 0 saturated carbocycles. The maximum Gasteiger partial charge on any atom is 0.160 e. The molecule has 0 aliphatic carbocycles. The van der Waals surface area contributed by atoms with Crippen molar-refractivity contribution in [2.24, 2.45) is 0 Å². The van der Waals surface area contributed by atoms with Crippen LogP contribution in [0.25, 0.3) is 0 Å². The third-order valence-corrected chi connectivity index (χ3v) is 0.671. The zero-order chi connectivity index (χ0) is 5.70. The minimum absolute atomic E-state index is 0.551. The van der Waals surface area contributed by atoms with E-state index < -0.39 is 6.35 Å². The molecule has 1 atom stereocenters. The van der Waals surface area contributed by atoms with Crippen molar-refractivity contribution in [3.63, 3.8) is 0 Å². The summed E-state index contributed by atoms with van der Waals surface area (Å²) < 4.78 is 0. The van der Waals surface area contributed by atoms with Gasteiger partial charge in [-0.2, -0.15) is 0 Å². The van der Waals surface area contributed by atoms with Crippen molar-refractivity contribution in [1.29, 1.82) is 0 Å². The molecule has 3 N–H and O–H groups in total. The Kier molecular flexibility index (Phi) is 3.98.